The van der Waals surface area contributed by atoms with Gasteiger partial charge in [0, 0.05) is 5.56 Å². The lowest BCUT2D eigenvalue weighted by atomic mass is 10.0. The summed E-state index contributed by atoms with van der Waals surface area (Å²) in [5.74, 6) is -0.666. The Hall–Kier alpha value is -0.360. The summed E-state index contributed by atoms with van der Waals surface area (Å²) in [7, 11) is 0. The summed E-state index contributed by atoms with van der Waals surface area (Å²) >= 11 is 5.96. The molecule has 0 N–H and O–H groups in total. The van der Waals surface area contributed by atoms with Crippen LogP contribution < -0.4 is 0 Å². The van der Waals surface area contributed by atoms with Crippen molar-refractivity contribution >= 4 is 37.6 Å². The van der Waals surface area contributed by atoms with E-state index in [2.05, 4.69) is 31.9 Å². The van der Waals surface area contributed by atoms with Crippen LogP contribution in [0.15, 0.2) is 24.3 Å². The number of carbonyl (C=O) groups excluding carboxylic acids is 1. The van der Waals surface area contributed by atoms with Crippen LogP contribution in [0.5, 0.6) is 0 Å². The Balaban J connectivity index is 3.31. The lowest BCUT2D eigenvalue weighted by Gasteiger charge is -2.17. The van der Waals surface area contributed by atoms with E-state index in [1.165, 1.54) is 19.1 Å². The van der Waals surface area contributed by atoms with Gasteiger partial charge in [-0.3, -0.25) is 4.79 Å². The molecular formula is C10H7Br2F3O. The Morgan fingerprint density at radius 1 is 1.19 bits per heavy atom. The number of Topliss-reactive ketones (excluding diaryl/α,β-unsaturated/α-hetero) is 1. The second kappa shape index (κ2) is 4.49. The summed E-state index contributed by atoms with van der Waals surface area (Å²) in [6.07, 6.45) is -4.53. The number of hydrogen-bond acceptors (Lipinski definition) is 1. The van der Waals surface area contributed by atoms with Gasteiger partial charge in [-0.2, -0.15) is 13.2 Å². The molecule has 0 bridgehead atoms. The number of hydrogen-bond donors (Lipinski definition) is 0. The molecule has 0 aliphatic heterocycles. The largest absolute Gasteiger partial charge is 0.417 e. The standard InChI is InChI=1S/C10H7Br2F3O/c1-9(11,12)8(16)6-4-2-3-5-7(6)10(13,14)15/h2-5H,1H3. The van der Waals surface area contributed by atoms with Gasteiger partial charge in [0.15, 0.2) is 5.78 Å². The van der Waals surface area contributed by atoms with Crippen molar-refractivity contribution in [2.45, 2.75) is 16.3 Å². The molecule has 0 radical (unpaired) electrons. The molecule has 6 heteroatoms. The highest BCUT2D eigenvalue weighted by molar-refractivity contribution is 9.25. The van der Waals surface area contributed by atoms with E-state index < -0.39 is 20.8 Å². The molecule has 0 atom stereocenters. The van der Waals surface area contributed by atoms with E-state index in [4.69, 9.17) is 0 Å². The lowest BCUT2D eigenvalue weighted by Crippen LogP contribution is -2.24. The fraction of sp³-hybridized carbons (Fsp3) is 0.300. The summed E-state index contributed by atoms with van der Waals surface area (Å²) in [5.41, 5.74) is -1.28. The average molecular weight is 360 g/mol. The number of ketones is 1. The smallest absolute Gasteiger partial charge is 0.292 e. The highest BCUT2D eigenvalue weighted by Gasteiger charge is 2.38. The van der Waals surface area contributed by atoms with Crippen LogP contribution in [-0.4, -0.2) is 9.02 Å². The molecule has 0 unspecified atom stereocenters. The van der Waals surface area contributed by atoms with Gasteiger partial charge < -0.3 is 0 Å². The van der Waals surface area contributed by atoms with Crippen molar-refractivity contribution in [1.82, 2.24) is 0 Å². The first-order valence-corrected chi connectivity index (χ1v) is 5.81. The molecule has 16 heavy (non-hydrogen) atoms. The van der Waals surface area contributed by atoms with E-state index in [0.29, 0.717) is 0 Å². The third-order valence-electron chi connectivity index (χ3n) is 1.88. The maximum absolute atomic E-state index is 12.6. The number of benzene rings is 1. The third kappa shape index (κ3) is 3.07. The number of rotatable bonds is 2. The van der Waals surface area contributed by atoms with Crippen LogP contribution in [0.4, 0.5) is 13.2 Å². The van der Waals surface area contributed by atoms with Crippen molar-refractivity contribution in [3.8, 4) is 0 Å². The zero-order valence-corrected chi connectivity index (χ0v) is 11.3. The zero-order chi connectivity index (χ0) is 12.6. The lowest BCUT2D eigenvalue weighted by molar-refractivity contribution is -0.137. The molecule has 0 aromatic heterocycles. The number of carbonyl (C=O) groups is 1. The second-order valence-electron chi connectivity index (χ2n) is 3.26. The monoisotopic (exact) mass is 358 g/mol. The van der Waals surface area contributed by atoms with E-state index in [-0.39, 0.29) is 5.56 Å². The van der Waals surface area contributed by atoms with Gasteiger partial charge in [-0.15, -0.1) is 0 Å². The van der Waals surface area contributed by atoms with Crippen molar-refractivity contribution in [3.05, 3.63) is 35.4 Å². The van der Waals surface area contributed by atoms with Crippen molar-refractivity contribution < 1.29 is 18.0 Å². The van der Waals surface area contributed by atoms with Crippen molar-refractivity contribution in [2.24, 2.45) is 0 Å². The minimum absolute atomic E-state index is 0.355. The Morgan fingerprint density at radius 2 is 1.69 bits per heavy atom. The summed E-state index contributed by atoms with van der Waals surface area (Å²) in [5, 5.41) is 0. The molecule has 0 amide bonds. The number of alkyl halides is 5. The van der Waals surface area contributed by atoms with Gasteiger partial charge in [0.1, 0.15) is 3.23 Å². The fourth-order valence-electron chi connectivity index (χ4n) is 1.16. The zero-order valence-electron chi connectivity index (χ0n) is 8.11. The minimum Gasteiger partial charge on any atom is -0.292 e. The highest BCUT2D eigenvalue weighted by Crippen LogP contribution is 2.36. The van der Waals surface area contributed by atoms with Gasteiger partial charge in [0.25, 0.3) is 0 Å². The number of halogens is 5. The van der Waals surface area contributed by atoms with E-state index in [1.54, 1.807) is 0 Å². The molecular weight excluding hydrogens is 353 g/mol. The summed E-state index contributed by atoms with van der Waals surface area (Å²) in [4.78, 5) is 11.7. The van der Waals surface area contributed by atoms with E-state index in [0.717, 1.165) is 12.1 Å². The molecule has 88 valence electrons. The molecule has 0 heterocycles. The van der Waals surface area contributed by atoms with Crippen LogP contribution in [0.25, 0.3) is 0 Å². The molecule has 0 saturated carbocycles. The fourth-order valence-corrected chi connectivity index (χ4v) is 1.59. The molecule has 0 saturated heterocycles. The van der Waals surface area contributed by atoms with Crippen LogP contribution in [0.3, 0.4) is 0 Å². The Bertz CT molecular complexity index is 407. The molecule has 0 aliphatic rings. The van der Waals surface area contributed by atoms with Gasteiger partial charge in [-0.1, -0.05) is 50.1 Å². The first kappa shape index (κ1) is 13.7. The Labute approximate surface area is 107 Å². The highest BCUT2D eigenvalue weighted by atomic mass is 79.9. The third-order valence-corrected chi connectivity index (χ3v) is 2.60. The first-order chi connectivity index (χ1) is 7.14. The van der Waals surface area contributed by atoms with E-state index >= 15 is 0 Å². The van der Waals surface area contributed by atoms with Crippen LogP contribution in [0, 0.1) is 0 Å². The van der Waals surface area contributed by atoms with Crippen molar-refractivity contribution in [2.75, 3.05) is 0 Å². The molecule has 1 aromatic rings. The predicted molar refractivity (Wildman–Crippen MR) is 62.0 cm³/mol. The van der Waals surface area contributed by atoms with E-state index in [9.17, 15) is 18.0 Å². The normalized spacial score (nSPS) is 12.6. The molecule has 0 fully saturated rings. The van der Waals surface area contributed by atoms with Crippen LogP contribution in [0.1, 0.15) is 22.8 Å². The molecule has 1 nitrogen and oxygen atoms in total. The molecule has 1 rings (SSSR count). The maximum atomic E-state index is 12.6. The van der Waals surface area contributed by atoms with Crippen LogP contribution in [0.2, 0.25) is 0 Å². The van der Waals surface area contributed by atoms with Gasteiger partial charge >= 0.3 is 6.18 Å². The SMILES string of the molecule is CC(Br)(Br)C(=O)c1ccccc1C(F)(F)F. The van der Waals surface area contributed by atoms with Crippen molar-refractivity contribution in [3.63, 3.8) is 0 Å². The van der Waals surface area contributed by atoms with E-state index in [1.807, 2.05) is 0 Å². The summed E-state index contributed by atoms with van der Waals surface area (Å²) < 4.78 is 36.6. The summed E-state index contributed by atoms with van der Waals surface area (Å²) in [6.45, 7) is 1.43. The van der Waals surface area contributed by atoms with Gasteiger partial charge in [0.05, 0.1) is 5.56 Å². The summed E-state index contributed by atoms with van der Waals surface area (Å²) in [6, 6.07) is 4.69. The minimum atomic E-state index is -4.53. The van der Waals surface area contributed by atoms with Crippen LogP contribution >= 0.6 is 31.9 Å². The van der Waals surface area contributed by atoms with Gasteiger partial charge in [-0.25, -0.2) is 0 Å². The second-order valence-corrected chi connectivity index (χ2v) is 7.50. The Morgan fingerprint density at radius 3 is 2.12 bits per heavy atom. The molecule has 0 spiro atoms. The molecule has 1 aromatic carbocycles. The van der Waals surface area contributed by atoms with Gasteiger partial charge in [-0.05, 0) is 13.0 Å². The molecule has 0 aliphatic carbocycles. The van der Waals surface area contributed by atoms with Gasteiger partial charge in [0.2, 0.25) is 0 Å². The predicted octanol–water partition coefficient (Wildman–Crippen LogP) is 4.39. The van der Waals surface area contributed by atoms with Crippen LogP contribution in [-0.2, 0) is 6.18 Å². The average Bonchev–Trinajstić information content (AvgIpc) is 2.14. The quantitative estimate of drug-likeness (QED) is 0.565. The maximum Gasteiger partial charge on any atom is 0.417 e. The van der Waals surface area contributed by atoms with Crippen molar-refractivity contribution in [1.29, 1.82) is 0 Å². The topological polar surface area (TPSA) is 17.1 Å². The first-order valence-electron chi connectivity index (χ1n) is 4.23. The Kier molecular flexibility index (Phi) is 3.84.